The number of methoxy groups -OCH3 is 1. The Kier molecular flexibility index (Phi) is 8.46. The first-order valence-corrected chi connectivity index (χ1v) is 9.28. The van der Waals surface area contributed by atoms with E-state index in [0.29, 0.717) is 24.3 Å². The molecule has 1 aliphatic rings. The number of hydrogen-bond acceptors (Lipinski definition) is 3. The minimum atomic E-state index is -0.0109. The maximum Gasteiger partial charge on any atom is 0.224 e. The summed E-state index contributed by atoms with van der Waals surface area (Å²) in [4.78, 5) is 23.9. The molecule has 1 aromatic rings. The van der Waals surface area contributed by atoms with Crippen LogP contribution in [0.1, 0.15) is 51.4 Å². The van der Waals surface area contributed by atoms with E-state index in [9.17, 15) is 9.59 Å². The van der Waals surface area contributed by atoms with Gasteiger partial charge in [0.1, 0.15) is 5.75 Å². The smallest absolute Gasteiger partial charge is 0.224 e. The molecule has 0 heterocycles. The van der Waals surface area contributed by atoms with Gasteiger partial charge in [-0.2, -0.15) is 0 Å². The molecule has 5 heteroatoms. The Balaban J connectivity index is 1.54. The third kappa shape index (κ3) is 7.13. The molecule has 0 radical (unpaired) electrons. The average molecular weight is 356 g/mol. The molecule has 1 aromatic carbocycles. The van der Waals surface area contributed by atoms with E-state index in [2.05, 4.69) is 22.8 Å². The van der Waals surface area contributed by atoms with E-state index in [4.69, 9.17) is 4.74 Å². The molecule has 5 nitrogen and oxygen atoms in total. The van der Waals surface area contributed by atoms with Crippen LogP contribution < -0.4 is 15.4 Å². The monoisotopic (exact) mass is 356 g/mol. The first-order valence-electron chi connectivity index (χ1n) is 9.28. The van der Waals surface area contributed by atoms with E-state index < -0.39 is 0 Å². The number of nitrogens with one attached hydrogen (secondary N) is 2. The largest absolute Gasteiger partial charge is 0.495 e. The summed E-state index contributed by atoms with van der Waals surface area (Å²) < 4.78 is 5.22. The molecule has 0 fully saturated rings. The maximum atomic E-state index is 12.0. The highest BCUT2D eigenvalue weighted by atomic mass is 16.5. The molecule has 0 saturated heterocycles. The minimum absolute atomic E-state index is 0.0109. The van der Waals surface area contributed by atoms with Crippen molar-refractivity contribution < 1.29 is 14.3 Å². The first kappa shape index (κ1) is 19.8. The minimum Gasteiger partial charge on any atom is -0.495 e. The topological polar surface area (TPSA) is 67.4 Å². The number of carbonyl (C=O) groups excluding carboxylic acids is 2. The van der Waals surface area contributed by atoms with Gasteiger partial charge < -0.3 is 15.4 Å². The van der Waals surface area contributed by atoms with Gasteiger partial charge in [-0.25, -0.2) is 0 Å². The van der Waals surface area contributed by atoms with Crippen molar-refractivity contribution in [3.05, 3.63) is 48.2 Å². The highest BCUT2D eigenvalue weighted by Crippen LogP contribution is 2.23. The summed E-state index contributed by atoms with van der Waals surface area (Å²) >= 11 is 0. The molecule has 2 N–H and O–H groups in total. The van der Waals surface area contributed by atoms with E-state index in [1.807, 2.05) is 30.3 Å². The zero-order valence-electron chi connectivity index (χ0n) is 15.4. The lowest BCUT2D eigenvalue weighted by Crippen LogP contribution is -2.21. The van der Waals surface area contributed by atoms with Crippen LogP contribution in [0.25, 0.3) is 0 Å². The fourth-order valence-electron chi connectivity index (χ4n) is 2.81. The van der Waals surface area contributed by atoms with Gasteiger partial charge in [0.15, 0.2) is 0 Å². The summed E-state index contributed by atoms with van der Waals surface area (Å²) in [6.45, 7) is 0. The molecule has 0 atom stereocenters. The van der Waals surface area contributed by atoms with Crippen LogP contribution in [-0.4, -0.2) is 18.9 Å². The molecule has 0 bridgehead atoms. The summed E-state index contributed by atoms with van der Waals surface area (Å²) in [7, 11) is 1.59. The Morgan fingerprint density at radius 1 is 0.962 bits per heavy atom. The summed E-state index contributed by atoms with van der Waals surface area (Å²) in [6, 6.07) is 7.38. The van der Waals surface area contributed by atoms with Gasteiger partial charge in [0, 0.05) is 18.5 Å². The fraction of sp³-hybridized carbons (Fsp3) is 0.429. The standard InChI is InChI=1S/C21H28N2O3/c1-26-19-14-10-9-13-18(19)23-21(25)16-8-3-2-7-15-20(24)22-17-11-5-4-6-12-17/h5,9-14H,2-4,6-8,15-16H2,1H3,(H,22,24)(H,23,25). The van der Waals surface area contributed by atoms with Crippen molar-refractivity contribution in [2.24, 2.45) is 0 Å². The van der Waals surface area contributed by atoms with E-state index in [1.165, 1.54) is 0 Å². The normalized spacial score (nSPS) is 13.0. The molecule has 0 aliphatic heterocycles. The first-order chi connectivity index (χ1) is 12.7. The third-order valence-corrected chi connectivity index (χ3v) is 4.22. The maximum absolute atomic E-state index is 12.0. The van der Waals surface area contributed by atoms with Crippen LogP contribution in [0.3, 0.4) is 0 Å². The molecule has 0 aromatic heterocycles. The van der Waals surface area contributed by atoms with Crippen molar-refractivity contribution in [2.45, 2.75) is 51.4 Å². The van der Waals surface area contributed by atoms with E-state index >= 15 is 0 Å². The van der Waals surface area contributed by atoms with Gasteiger partial charge in [-0.05, 0) is 43.9 Å². The molecule has 1 aliphatic carbocycles. The van der Waals surface area contributed by atoms with Gasteiger partial charge >= 0.3 is 0 Å². The second kappa shape index (κ2) is 11.1. The van der Waals surface area contributed by atoms with Crippen LogP contribution in [0.5, 0.6) is 5.75 Å². The predicted molar refractivity (Wildman–Crippen MR) is 104 cm³/mol. The van der Waals surface area contributed by atoms with Gasteiger partial charge in [0.05, 0.1) is 12.8 Å². The van der Waals surface area contributed by atoms with Crippen LogP contribution >= 0.6 is 0 Å². The van der Waals surface area contributed by atoms with Crippen molar-refractivity contribution in [3.63, 3.8) is 0 Å². The van der Waals surface area contributed by atoms with Gasteiger partial charge in [0.25, 0.3) is 0 Å². The molecule has 0 unspecified atom stereocenters. The quantitative estimate of drug-likeness (QED) is 0.613. The summed E-state index contributed by atoms with van der Waals surface area (Å²) in [5.74, 6) is 0.717. The highest BCUT2D eigenvalue weighted by molar-refractivity contribution is 5.92. The van der Waals surface area contributed by atoms with Crippen molar-refractivity contribution in [1.29, 1.82) is 0 Å². The van der Waals surface area contributed by atoms with Crippen molar-refractivity contribution in [2.75, 3.05) is 12.4 Å². The number of para-hydroxylation sites is 2. The number of rotatable bonds is 10. The lowest BCUT2D eigenvalue weighted by atomic mass is 10.1. The van der Waals surface area contributed by atoms with Gasteiger partial charge in [-0.15, -0.1) is 0 Å². The molecular formula is C21H28N2O3. The number of carbonyl (C=O) groups is 2. The van der Waals surface area contributed by atoms with Crippen LogP contribution in [0.2, 0.25) is 0 Å². The second-order valence-corrected chi connectivity index (χ2v) is 6.35. The van der Waals surface area contributed by atoms with E-state index in [1.54, 1.807) is 7.11 Å². The van der Waals surface area contributed by atoms with Gasteiger partial charge in [0.2, 0.25) is 11.8 Å². The van der Waals surface area contributed by atoms with Crippen LogP contribution in [0.15, 0.2) is 48.2 Å². The molecule has 2 rings (SSSR count). The Bertz CT molecular complexity index is 665. The van der Waals surface area contributed by atoms with E-state index in [0.717, 1.165) is 44.2 Å². The molecule has 26 heavy (non-hydrogen) atoms. The van der Waals surface area contributed by atoms with Crippen molar-refractivity contribution in [1.82, 2.24) is 5.32 Å². The molecule has 2 amide bonds. The molecule has 0 spiro atoms. The van der Waals surface area contributed by atoms with Crippen LogP contribution in [0, 0.1) is 0 Å². The summed E-state index contributed by atoms with van der Waals surface area (Å²) in [5, 5.41) is 5.80. The number of ether oxygens (including phenoxy) is 1. The number of amides is 2. The summed E-state index contributed by atoms with van der Waals surface area (Å²) in [5.41, 5.74) is 1.61. The number of benzene rings is 1. The SMILES string of the molecule is COc1ccccc1NC(=O)CCCCCCC(=O)NC1=CCCC=C1. The Labute approximate surface area is 155 Å². The van der Waals surface area contributed by atoms with Gasteiger partial charge in [-0.3, -0.25) is 9.59 Å². The summed E-state index contributed by atoms with van der Waals surface area (Å²) in [6.07, 6.45) is 12.7. The number of anilines is 1. The number of unbranched alkanes of at least 4 members (excludes halogenated alkanes) is 3. The predicted octanol–water partition coefficient (Wildman–Crippen LogP) is 4.32. The van der Waals surface area contributed by atoms with Gasteiger partial charge in [-0.1, -0.05) is 37.1 Å². The lowest BCUT2D eigenvalue weighted by Gasteiger charge is -2.10. The third-order valence-electron chi connectivity index (χ3n) is 4.22. The number of hydrogen-bond donors (Lipinski definition) is 2. The lowest BCUT2D eigenvalue weighted by molar-refractivity contribution is -0.120. The Morgan fingerprint density at radius 3 is 2.31 bits per heavy atom. The molecule has 140 valence electrons. The van der Waals surface area contributed by atoms with Crippen molar-refractivity contribution in [3.8, 4) is 5.75 Å². The highest BCUT2D eigenvalue weighted by Gasteiger charge is 2.07. The van der Waals surface area contributed by atoms with Crippen molar-refractivity contribution >= 4 is 17.5 Å². The molecule has 0 saturated carbocycles. The number of allylic oxidation sites excluding steroid dienone is 3. The van der Waals surface area contributed by atoms with E-state index in [-0.39, 0.29) is 11.8 Å². The van der Waals surface area contributed by atoms with Crippen LogP contribution in [0.4, 0.5) is 5.69 Å². The zero-order valence-corrected chi connectivity index (χ0v) is 15.4. The average Bonchev–Trinajstić information content (AvgIpc) is 2.66. The fourth-order valence-corrected chi connectivity index (χ4v) is 2.81. The second-order valence-electron chi connectivity index (χ2n) is 6.35. The van der Waals surface area contributed by atoms with Crippen LogP contribution in [-0.2, 0) is 9.59 Å². The zero-order chi connectivity index (χ0) is 18.6. The molecular weight excluding hydrogens is 328 g/mol. The Hall–Kier alpha value is -2.56. The Morgan fingerprint density at radius 2 is 1.65 bits per heavy atom.